The van der Waals surface area contributed by atoms with Gasteiger partial charge in [-0.25, -0.2) is 0 Å². The van der Waals surface area contributed by atoms with Crippen molar-refractivity contribution >= 4 is 23.3 Å². The Hall–Kier alpha value is -2.22. The fourth-order valence-corrected chi connectivity index (χ4v) is 3.08. The Morgan fingerprint density at radius 1 is 0.704 bits per heavy atom. The van der Waals surface area contributed by atoms with Crippen LogP contribution in [0.15, 0.2) is 58.5 Å². The van der Waals surface area contributed by atoms with E-state index in [1.807, 2.05) is 6.21 Å². The molecule has 0 saturated carbocycles. The van der Waals surface area contributed by atoms with E-state index < -0.39 is 0 Å². The van der Waals surface area contributed by atoms with Crippen LogP contribution in [0.1, 0.15) is 70.4 Å². The highest BCUT2D eigenvalue weighted by atomic mass is 14.8. The van der Waals surface area contributed by atoms with E-state index in [-0.39, 0.29) is 0 Å². The fraction of sp³-hybridized carbons (Fsp3) is 0.440. The molecule has 0 aliphatic heterocycles. The van der Waals surface area contributed by atoms with Crippen LogP contribution in [0, 0.1) is 0 Å². The number of hydrogen-bond acceptors (Lipinski definition) is 2. The fourth-order valence-electron chi connectivity index (χ4n) is 3.08. The van der Waals surface area contributed by atoms with E-state index in [0.717, 1.165) is 42.8 Å². The van der Waals surface area contributed by atoms with Crippen molar-refractivity contribution in [1.29, 1.82) is 0 Å². The molecule has 2 heteroatoms. The zero-order valence-corrected chi connectivity index (χ0v) is 17.2. The third-order valence-electron chi connectivity index (χ3n) is 4.62. The van der Waals surface area contributed by atoms with Gasteiger partial charge in [0.05, 0.1) is 17.1 Å². The van der Waals surface area contributed by atoms with Gasteiger partial charge in [0.15, 0.2) is 0 Å². The van der Waals surface area contributed by atoms with Gasteiger partial charge in [-0.15, -0.1) is 0 Å². The van der Waals surface area contributed by atoms with Crippen molar-refractivity contribution in [3.63, 3.8) is 0 Å². The molecule has 0 bridgehead atoms. The normalized spacial score (nSPS) is 12.0. The van der Waals surface area contributed by atoms with Gasteiger partial charge in [0.2, 0.25) is 0 Å². The molecule has 2 nitrogen and oxygen atoms in total. The minimum Gasteiger partial charge on any atom is -0.255 e. The number of benzene rings is 2. The molecule has 144 valence electrons. The standard InChI is InChI=1S/C25H34N2/c1-4-7-8-11-25(27-24-18-14-22(10-6-3)15-19-24)20-26-23-16-12-21(9-5-2)13-17-23/h12-20H,4-11H2,1-3H3. The van der Waals surface area contributed by atoms with Crippen LogP contribution in [-0.2, 0) is 12.8 Å². The Morgan fingerprint density at radius 3 is 1.78 bits per heavy atom. The molecule has 0 unspecified atom stereocenters. The first-order valence-corrected chi connectivity index (χ1v) is 10.5. The predicted molar refractivity (Wildman–Crippen MR) is 120 cm³/mol. The van der Waals surface area contributed by atoms with Crippen LogP contribution in [0.3, 0.4) is 0 Å². The van der Waals surface area contributed by atoms with Gasteiger partial charge < -0.3 is 0 Å². The predicted octanol–water partition coefficient (Wildman–Crippen LogP) is 7.65. The van der Waals surface area contributed by atoms with E-state index in [0.29, 0.717) is 0 Å². The molecular formula is C25H34N2. The van der Waals surface area contributed by atoms with Crippen LogP contribution in [0.4, 0.5) is 11.4 Å². The molecule has 2 rings (SSSR count). The molecule has 0 aliphatic rings. The summed E-state index contributed by atoms with van der Waals surface area (Å²) in [5, 5.41) is 0. The smallest absolute Gasteiger partial charge is 0.0633 e. The van der Waals surface area contributed by atoms with E-state index in [1.54, 1.807) is 0 Å². The van der Waals surface area contributed by atoms with Crippen molar-refractivity contribution in [1.82, 2.24) is 0 Å². The first-order chi connectivity index (χ1) is 13.2. The van der Waals surface area contributed by atoms with Gasteiger partial charge >= 0.3 is 0 Å². The maximum Gasteiger partial charge on any atom is 0.0633 e. The molecule has 0 saturated heterocycles. The summed E-state index contributed by atoms with van der Waals surface area (Å²) in [5.41, 5.74) is 5.83. The molecular weight excluding hydrogens is 328 g/mol. The lowest BCUT2D eigenvalue weighted by Gasteiger charge is -2.04. The number of nitrogens with zero attached hydrogens (tertiary/aromatic N) is 2. The Labute approximate surface area is 165 Å². The first-order valence-electron chi connectivity index (χ1n) is 10.5. The summed E-state index contributed by atoms with van der Waals surface area (Å²) in [5.74, 6) is 0. The quantitative estimate of drug-likeness (QED) is 0.290. The lowest BCUT2D eigenvalue weighted by Crippen LogP contribution is -1.99. The van der Waals surface area contributed by atoms with Crippen LogP contribution in [-0.4, -0.2) is 11.9 Å². The summed E-state index contributed by atoms with van der Waals surface area (Å²) in [6.07, 6.45) is 11.1. The minimum absolute atomic E-state index is 0.974. The van der Waals surface area contributed by atoms with Gasteiger partial charge in [0.25, 0.3) is 0 Å². The third-order valence-corrected chi connectivity index (χ3v) is 4.62. The van der Waals surface area contributed by atoms with Crippen molar-refractivity contribution in [3.05, 3.63) is 59.7 Å². The van der Waals surface area contributed by atoms with E-state index in [9.17, 15) is 0 Å². The van der Waals surface area contributed by atoms with Crippen molar-refractivity contribution in [3.8, 4) is 0 Å². The van der Waals surface area contributed by atoms with Crippen molar-refractivity contribution < 1.29 is 0 Å². The highest BCUT2D eigenvalue weighted by molar-refractivity contribution is 6.31. The van der Waals surface area contributed by atoms with Crippen LogP contribution in [0.2, 0.25) is 0 Å². The largest absolute Gasteiger partial charge is 0.255 e. The number of aryl methyl sites for hydroxylation is 2. The summed E-state index contributed by atoms with van der Waals surface area (Å²) in [7, 11) is 0. The SMILES string of the molecule is CCCCCC(C=Nc1ccc(CCC)cc1)=Nc1ccc(CCC)cc1. The van der Waals surface area contributed by atoms with Gasteiger partial charge in [-0.3, -0.25) is 9.98 Å². The molecule has 0 aliphatic carbocycles. The van der Waals surface area contributed by atoms with Crippen LogP contribution < -0.4 is 0 Å². The van der Waals surface area contributed by atoms with Gasteiger partial charge in [-0.05, 0) is 61.1 Å². The molecule has 0 fully saturated rings. The molecule has 0 spiro atoms. The molecule has 0 aromatic heterocycles. The second-order valence-corrected chi connectivity index (χ2v) is 7.15. The van der Waals surface area contributed by atoms with Crippen molar-refractivity contribution in [2.75, 3.05) is 0 Å². The maximum atomic E-state index is 4.86. The molecule has 0 N–H and O–H groups in total. The Morgan fingerprint density at radius 2 is 1.26 bits per heavy atom. The third kappa shape index (κ3) is 7.90. The lowest BCUT2D eigenvalue weighted by molar-refractivity contribution is 0.744. The number of unbranched alkanes of at least 4 members (excludes halogenated alkanes) is 2. The maximum absolute atomic E-state index is 4.86. The molecule has 0 atom stereocenters. The summed E-state index contributed by atoms with van der Waals surface area (Å²) < 4.78 is 0. The Bertz CT molecular complexity index is 709. The van der Waals surface area contributed by atoms with Gasteiger partial charge in [0, 0.05) is 6.21 Å². The van der Waals surface area contributed by atoms with Gasteiger partial charge in [0.1, 0.15) is 0 Å². The summed E-state index contributed by atoms with van der Waals surface area (Å²) in [6.45, 7) is 6.65. The topological polar surface area (TPSA) is 24.7 Å². The van der Waals surface area contributed by atoms with Crippen molar-refractivity contribution in [2.45, 2.75) is 72.1 Å². The first kappa shape index (κ1) is 21.1. The molecule has 0 amide bonds. The highest BCUT2D eigenvalue weighted by Gasteiger charge is 2.00. The summed E-state index contributed by atoms with van der Waals surface area (Å²) >= 11 is 0. The molecule has 2 aromatic rings. The van der Waals surface area contributed by atoms with E-state index >= 15 is 0 Å². The number of rotatable bonds is 11. The van der Waals surface area contributed by atoms with E-state index in [1.165, 1.54) is 36.8 Å². The Balaban J connectivity index is 2.12. The summed E-state index contributed by atoms with van der Waals surface area (Å²) in [4.78, 5) is 9.53. The van der Waals surface area contributed by atoms with Crippen LogP contribution in [0.25, 0.3) is 0 Å². The zero-order valence-electron chi connectivity index (χ0n) is 17.2. The second-order valence-electron chi connectivity index (χ2n) is 7.15. The van der Waals surface area contributed by atoms with E-state index in [4.69, 9.17) is 4.99 Å². The molecule has 2 aromatic carbocycles. The number of aliphatic imine (C=N–C) groups is 2. The van der Waals surface area contributed by atoms with Crippen LogP contribution in [0.5, 0.6) is 0 Å². The zero-order chi connectivity index (χ0) is 19.3. The highest BCUT2D eigenvalue weighted by Crippen LogP contribution is 2.17. The summed E-state index contributed by atoms with van der Waals surface area (Å²) in [6, 6.07) is 17.2. The minimum atomic E-state index is 0.974. The monoisotopic (exact) mass is 362 g/mol. The Kier molecular flexibility index (Phi) is 9.54. The van der Waals surface area contributed by atoms with Gasteiger partial charge in [-0.2, -0.15) is 0 Å². The second kappa shape index (κ2) is 12.2. The molecule has 0 radical (unpaired) electrons. The number of hydrogen-bond donors (Lipinski definition) is 0. The lowest BCUT2D eigenvalue weighted by atomic mass is 10.1. The average Bonchev–Trinajstić information content (AvgIpc) is 2.69. The van der Waals surface area contributed by atoms with Crippen molar-refractivity contribution in [2.24, 2.45) is 9.98 Å². The molecule has 0 heterocycles. The molecule has 27 heavy (non-hydrogen) atoms. The van der Waals surface area contributed by atoms with Gasteiger partial charge in [-0.1, -0.05) is 70.7 Å². The van der Waals surface area contributed by atoms with E-state index in [2.05, 4.69) is 74.3 Å². The average molecular weight is 363 g/mol. The van der Waals surface area contributed by atoms with Crippen LogP contribution >= 0.6 is 0 Å².